The first-order chi connectivity index (χ1) is 10.8. The van der Waals surface area contributed by atoms with E-state index in [-0.39, 0.29) is 5.92 Å². The highest BCUT2D eigenvalue weighted by atomic mass is 35.5. The van der Waals surface area contributed by atoms with Crippen LogP contribution in [0.5, 0.6) is 0 Å². The van der Waals surface area contributed by atoms with E-state index in [1.807, 2.05) is 55.5 Å². The third-order valence-corrected chi connectivity index (χ3v) is 5.93. The van der Waals surface area contributed by atoms with Gasteiger partial charge in [0.1, 0.15) is 0 Å². The quantitative estimate of drug-likeness (QED) is 0.836. The normalized spacial score (nSPS) is 13.3. The van der Waals surface area contributed by atoms with Crippen LogP contribution in [-0.4, -0.2) is 20.2 Å². The van der Waals surface area contributed by atoms with Gasteiger partial charge in [-0.05, 0) is 48.6 Å². The van der Waals surface area contributed by atoms with Crippen LogP contribution in [0.15, 0.2) is 48.5 Å². The summed E-state index contributed by atoms with van der Waals surface area (Å²) in [6, 6.07) is 15.9. The molecule has 0 aliphatic rings. The first kappa shape index (κ1) is 18.0. The molecule has 3 nitrogen and oxygen atoms in total. The topological polar surface area (TPSA) is 46.2 Å². The molecule has 2 rings (SSSR count). The Morgan fingerprint density at radius 3 is 1.87 bits per heavy atom. The van der Waals surface area contributed by atoms with Gasteiger partial charge in [-0.3, -0.25) is 0 Å². The summed E-state index contributed by atoms with van der Waals surface area (Å²) in [5, 5.41) is 0.304. The highest BCUT2D eigenvalue weighted by Crippen LogP contribution is 2.24. The van der Waals surface area contributed by atoms with Crippen LogP contribution in [0, 0.1) is 0 Å². The van der Waals surface area contributed by atoms with Gasteiger partial charge in [0.05, 0.1) is 5.25 Å². The molecule has 0 aliphatic carbocycles. The van der Waals surface area contributed by atoms with Crippen molar-refractivity contribution in [3.8, 4) is 11.1 Å². The molecular weight excluding hydrogens is 330 g/mol. The van der Waals surface area contributed by atoms with E-state index in [0.717, 1.165) is 21.7 Å². The molecular formula is C18H22ClNO2S. The van der Waals surface area contributed by atoms with Crippen molar-refractivity contribution in [2.24, 2.45) is 0 Å². The maximum atomic E-state index is 11.8. The smallest absolute Gasteiger partial charge is 0.213 e. The molecule has 1 N–H and O–H groups in total. The van der Waals surface area contributed by atoms with Crippen molar-refractivity contribution in [1.82, 2.24) is 4.72 Å². The summed E-state index contributed by atoms with van der Waals surface area (Å²) >= 11 is 5.90. The number of hydrogen-bond acceptors (Lipinski definition) is 2. The van der Waals surface area contributed by atoms with Crippen LogP contribution in [0.3, 0.4) is 0 Å². The van der Waals surface area contributed by atoms with Gasteiger partial charge in [-0.2, -0.15) is 0 Å². The van der Waals surface area contributed by atoms with Gasteiger partial charge in [-0.25, -0.2) is 13.1 Å². The predicted molar refractivity (Wildman–Crippen MR) is 97.4 cm³/mol. The van der Waals surface area contributed by atoms with Gasteiger partial charge in [0.15, 0.2) is 0 Å². The lowest BCUT2D eigenvalue weighted by molar-refractivity contribution is 0.566. The molecule has 5 heteroatoms. The molecule has 0 aliphatic heterocycles. The standard InChI is InChI=1S/C18H22ClNO2S/c1-13(2)23(21,22)20-12-14(3)15-4-6-16(7-5-15)17-8-10-18(19)11-9-17/h4-11,13-14,20H,12H2,1-3H3. The fourth-order valence-electron chi connectivity index (χ4n) is 2.17. The second-order valence-electron chi connectivity index (χ2n) is 5.97. The third-order valence-electron chi connectivity index (χ3n) is 3.87. The molecule has 0 aromatic heterocycles. The van der Waals surface area contributed by atoms with Crippen molar-refractivity contribution < 1.29 is 8.42 Å². The van der Waals surface area contributed by atoms with Crippen molar-refractivity contribution in [3.05, 3.63) is 59.1 Å². The molecule has 23 heavy (non-hydrogen) atoms. The first-order valence-corrected chi connectivity index (χ1v) is 9.56. The van der Waals surface area contributed by atoms with Gasteiger partial charge in [0.25, 0.3) is 0 Å². The molecule has 0 fully saturated rings. The fraction of sp³-hybridized carbons (Fsp3) is 0.333. The van der Waals surface area contributed by atoms with E-state index in [9.17, 15) is 8.42 Å². The SMILES string of the molecule is CC(CNS(=O)(=O)C(C)C)c1ccc(-c2ccc(Cl)cc2)cc1. The monoisotopic (exact) mass is 351 g/mol. The predicted octanol–water partition coefficient (Wildman–Crippen LogP) is 4.44. The Morgan fingerprint density at radius 2 is 1.39 bits per heavy atom. The maximum Gasteiger partial charge on any atom is 0.213 e. The van der Waals surface area contributed by atoms with Crippen molar-refractivity contribution in [2.45, 2.75) is 31.9 Å². The van der Waals surface area contributed by atoms with Gasteiger partial charge in [-0.1, -0.05) is 54.9 Å². The number of benzene rings is 2. The average molecular weight is 352 g/mol. The van der Waals surface area contributed by atoms with Crippen molar-refractivity contribution >= 4 is 21.6 Å². The van der Waals surface area contributed by atoms with Crippen LogP contribution < -0.4 is 4.72 Å². The lowest BCUT2D eigenvalue weighted by atomic mass is 9.98. The lowest BCUT2D eigenvalue weighted by Gasteiger charge is -2.15. The third kappa shape index (κ3) is 4.80. The Balaban J connectivity index is 2.05. The Bertz CT molecular complexity index is 738. The summed E-state index contributed by atoms with van der Waals surface area (Å²) in [6.07, 6.45) is 0. The van der Waals surface area contributed by atoms with Gasteiger partial charge < -0.3 is 0 Å². The van der Waals surface area contributed by atoms with E-state index >= 15 is 0 Å². The van der Waals surface area contributed by atoms with E-state index in [1.54, 1.807) is 13.8 Å². The van der Waals surface area contributed by atoms with Crippen LogP contribution in [0.25, 0.3) is 11.1 Å². The Hall–Kier alpha value is -1.36. The maximum absolute atomic E-state index is 11.8. The van der Waals surface area contributed by atoms with Crippen LogP contribution in [0.2, 0.25) is 5.02 Å². The molecule has 0 spiro atoms. The zero-order valence-corrected chi connectivity index (χ0v) is 15.2. The average Bonchev–Trinajstić information content (AvgIpc) is 2.53. The zero-order chi connectivity index (χ0) is 17.0. The highest BCUT2D eigenvalue weighted by molar-refractivity contribution is 7.90. The molecule has 0 amide bonds. The molecule has 0 radical (unpaired) electrons. The van der Waals surface area contributed by atoms with E-state index < -0.39 is 15.3 Å². The van der Waals surface area contributed by atoms with Crippen LogP contribution in [0.4, 0.5) is 0 Å². The number of halogens is 1. The molecule has 0 bridgehead atoms. The molecule has 1 atom stereocenters. The van der Waals surface area contributed by atoms with Gasteiger partial charge in [0.2, 0.25) is 10.0 Å². The van der Waals surface area contributed by atoms with E-state index in [0.29, 0.717) is 6.54 Å². The van der Waals surface area contributed by atoms with E-state index in [4.69, 9.17) is 11.6 Å². The minimum absolute atomic E-state index is 0.114. The molecule has 2 aromatic carbocycles. The van der Waals surface area contributed by atoms with Gasteiger partial charge in [0, 0.05) is 11.6 Å². The molecule has 0 saturated heterocycles. The van der Waals surface area contributed by atoms with Gasteiger partial charge >= 0.3 is 0 Å². The molecule has 124 valence electrons. The minimum Gasteiger partial charge on any atom is -0.214 e. The largest absolute Gasteiger partial charge is 0.214 e. The summed E-state index contributed by atoms with van der Waals surface area (Å²) < 4.78 is 26.3. The Kier molecular flexibility index (Phi) is 5.84. The summed E-state index contributed by atoms with van der Waals surface area (Å²) in [6.45, 7) is 5.77. The fourth-order valence-corrected chi connectivity index (χ4v) is 3.11. The highest BCUT2D eigenvalue weighted by Gasteiger charge is 2.16. The van der Waals surface area contributed by atoms with Crippen LogP contribution in [-0.2, 0) is 10.0 Å². The summed E-state index contributed by atoms with van der Waals surface area (Å²) in [7, 11) is -3.22. The van der Waals surface area contributed by atoms with Crippen molar-refractivity contribution in [3.63, 3.8) is 0 Å². The minimum atomic E-state index is -3.22. The van der Waals surface area contributed by atoms with Crippen molar-refractivity contribution in [2.75, 3.05) is 6.54 Å². The molecule has 1 unspecified atom stereocenters. The summed E-state index contributed by atoms with van der Waals surface area (Å²) in [4.78, 5) is 0. The number of rotatable bonds is 6. The Morgan fingerprint density at radius 1 is 0.913 bits per heavy atom. The summed E-state index contributed by atoms with van der Waals surface area (Å²) in [5.41, 5.74) is 3.32. The van der Waals surface area contributed by atoms with E-state index in [2.05, 4.69) is 4.72 Å². The molecule has 0 saturated carbocycles. The number of hydrogen-bond donors (Lipinski definition) is 1. The van der Waals surface area contributed by atoms with E-state index in [1.165, 1.54) is 0 Å². The zero-order valence-electron chi connectivity index (χ0n) is 13.6. The second-order valence-corrected chi connectivity index (χ2v) is 8.73. The second kappa shape index (κ2) is 7.47. The van der Waals surface area contributed by atoms with Crippen molar-refractivity contribution in [1.29, 1.82) is 0 Å². The van der Waals surface area contributed by atoms with Crippen LogP contribution >= 0.6 is 11.6 Å². The molecule has 0 heterocycles. The van der Waals surface area contributed by atoms with Gasteiger partial charge in [-0.15, -0.1) is 0 Å². The summed E-state index contributed by atoms with van der Waals surface area (Å²) in [5.74, 6) is 0.114. The first-order valence-electron chi connectivity index (χ1n) is 7.64. The molecule has 2 aromatic rings. The van der Waals surface area contributed by atoms with Crippen LogP contribution in [0.1, 0.15) is 32.3 Å². The lowest BCUT2D eigenvalue weighted by Crippen LogP contribution is -2.33. The Labute approximate surface area is 143 Å². The number of sulfonamides is 1. The number of nitrogens with one attached hydrogen (secondary N) is 1.